The Bertz CT molecular complexity index is 779. The first kappa shape index (κ1) is 16.8. The van der Waals surface area contributed by atoms with E-state index in [1.54, 1.807) is 31.4 Å². The number of anilines is 2. The van der Waals surface area contributed by atoms with Crippen LogP contribution in [0.1, 0.15) is 11.1 Å². The van der Waals surface area contributed by atoms with Crippen LogP contribution in [0.2, 0.25) is 0 Å². The Balaban J connectivity index is 1.77. The van der Waals surface area contributed by atoms with Crippen LogP contribution >= 0.6 is 0 Å². The molecule has 0 saturated carbocycles. The lowest BCUT2D eigenvalue weighted by Crippen LogP contribution is -2.24. The second-order valence-corrected chi connectivity index (χ2v) is 5.47. The monoisotopic (exact) mass is 345 g/mol. The van der Waals surface area contributed by atoms with Crippen molar-refractivity contribution in [1.29, 1.82) is 0 Å². The van der Waals surface area contributed by atoms with Crippen LogP contribution in [-0.2, 0) is 11.2 Å². The van der Waals surface area contributed by atoms with E-state index >= 15 is 0 Å². The van der Waals surface area contributed by atoms with Gasteiger partial charge in [-0.1, -0.05) is 12.1 Å². The summed E-state index contributed by atoms with van der Waals surface area (Å²) in [6.45, 7) is 0.211. The lowest BCUT2D eigenvalue weighted by Gasteiger charge is -2.17. The Hall–Kier alpha value is -3.00. The molecule has 2 aromatic rings. The summed E-state index contributed by atoms with van der Waals surface area (Å²) in [4.78, 5) is 0. The van der Waals surface area contributed by atoms with Crippen molar-refractivity contribution in [2.75, 3.05) is 24.8 Å². The van der Waals surface area contributed by atoms with Crippen LogP contribution < -0.4 is 26.9 Å². The number of nitrogen functional groups attached to an aromatic ring is 1. The van der Waals surface area contributed by atoms with Gasteiger partial charge in [0.15, 0.2) is 12.0 Å². The first-order chi connectivity index (χ1) is 12.1. The number of benzene rings is 2. The number of hydrogen-bond donors (Lipinski definition) is 4. The maximum absolute atomic E-state index is 13.0. The zero-order valence-corrected chi connectivity index (χ0v) is 13.8. The molecular formula is C17H20FN5O2. The summed E-state index contributed by atoms with van der Waals surface area (Å²) in [6, 6.07) is 9.77. The van der Waals surface area contributed by atoms with Crippen molar-refractivity contribution in [3.8, 4) is 5.75 Å². The highest BCUT2D eigenvalue weighted by Crippen LogP contribution is 2.35. The molecular weight excluding hydrogens is 325 g/mol. The fourth-order valence-corrected chi connectivity index (χ4v) is 2.63. The van der Waals surface area contributed by atoms with Gasteiger partial charge in [0, 0.05) is 6.42 Å². The number of ether oxygens (including phenoxy) is 2. The molecule has 2 aromatic carbocycles. The standard InChI is InChI=1S/C17H20FN5O2/c1-24-16-12(6-7-13(20)15(16)21-9-19)17-23-22-14(25-17)8-10-2-4-11(18)5-3-10/h2-7,14,21-22H,8-9,19-20H2,1H3. The maximum atomic E-state index is 13.0. The van der Waals surface area contributed by atoms with Gasteiger partial charge in [0.25, 0.3) is 0 Å². The van der Waals surface area contributed by atoms with Crippen LogP contribution in [0.15, 0.2) is 41.5 Å². The smallest absolute Gasteiger partial charge is 0.243 e. The molecule has 1 unspecified atom stereocenters. The Kier molecular flexibility index (Phi) is 4.90. The average Bonchev–Trinajstić information content (AvgIpc) is 3.07. The maximum Gasteiger partial charge on any atom is 0.243 e. The van der Waals surface area contributed by atoms with E-state index in [0.29, 0.717) is 35.0 Å². The summed E-state index contributed by atoms with van der Waals surface area (Å²) in [5, 5.41) is 7.21. The van der Waals surface area contributed by atoms with E-state index in [-0.39, 0.29) is 18.7 Å². The predicted octanol–water partition coefficient (Wildman–Crippen LogP) is 1.59. The number of methoxy groups -OCH3 is 1. The molecule has 132 valence electrons. The van der Waals surface area contributed by atoms with Crippen molar-refractivity contribution < 1.29 is 13.9 Å². The molecule has 0 aliphatic carbocycles. The summed E-state index contributed by atoms with van der Waals surface area (Å²) in [7, 11) is 1.54. The molecule has 1 heterocycles. The third-order valence-electron chi connectivity index (χ3n) is 3.80. The number of hydrogen-bond acceptors (Lipinski definition) is 7. The SMILES string of the molecule is COc1c(C2=NNC(Cc3ccc(F)cc3)O2)ccc(N)c1NCN. The molecule has 0 bridgehead atoms. The molecule has 8 heteroatoms. The van der Waals surface area contributed by atoms with Crippen molar-refractivity contribution in [2.45, 2.75) is 12.6 Å². The van der Waals surface area contributed by atoms with Gasteiger partial charge in [-0.2, -0.15) is 0 Å². The molecule has 1 aliphatic heterocycles. The molecule has 0 aromatic heterocycles. The number of nitrogens with two attached hydrogens (primary N) is 2. The van der Waals surface area contributed by atoms with Crippen LogP contribution in [0.25, 0.3) is 0 Å². The molecule has 0 spiro atoms. The van der Waals surface area contributed by atoms with Crippen molar-refractivity contribution in [3.63, 3.8) is 0 Å². The van der Waals surface area contributed by atoms with Gasteiger partial charge >= 0.3 is 0 Å². The summed E-state index contributed by atoms with van der Waals surface area (Å²) in [6.07, 6.45) is 0.187. The van der Waals surface area contributed by atoms with Gasteiger partial charge < -0.3 is 26.3 Å². The molecule has 1 aliphatic rings. The van der Waals surface area contributed by atoms with E-state index in [4.69, 9.17) is 20.9 Å². The van der Waals surface area contributed by atoms with Gasteiger partial charge in [-0.25, -0.2) is 4.39 Å². The highest BCUT2D eigenvalue weighted by atomic mass is 19.1. The molecule has 7 nitrogen and oxygen atoms in total. The third kappa shape index (κ3) is 3.58. The highest BCUT2D eigenvalue weighted by molar-refractivity contribution is 6.01. The van der Waals surface area contributed by atoms with Gasteiger partial charge in [0.2, 0.25) is 5.90 Å². The van der Waals surface area contributed by atoms with Crippen LogP contribution in [0.5, 0.6) is 5.75 Å². The average molecular weight is 345 g/mol. The fraction of sp³-hybridized carbons (Fsp3) is 0.235. The quantitative estimate of drug-likeness (QED) is 0.468. The Morgan fingerprint density at radius 3 is 2.72 bits per heavy atom. The van der Waals surface area contributed by atoms with Crippen LogP contribution in [0, 0.1) is 5.82 Å². The first-order valence-electron chi connectivity index (χ1n) is 7.77. The number of nitrogens with zero attached hydrogens (tertiary/aromatic N) is 1. The van der Waals surface area contributed by atoms with E-state index in [0.717, 1.165) is 5.56 Å². The van der Waals surface area contributed by atoms with Crippen LogP contribution in [0.3, 0.4) is 0 Å². The normalized spacial score (nSPS) is 16.0. The molecule has 0 radical (unpaired) electrons. The zero-order chi connectivity index (χ0) is 17.8. The largest absolute Gasteiger partial charge is 0.494 e. The second kappa shape index (κ2) is 7.27. The second-order valence-electron chi connectivity index (χ2n) is 5.47. The van der Waals surface area contributed by atoms with E-state index in [1.807, 2.05) is 0 Å². The van der Waals surface area contributed by atoms with Gasteiger partial charge in [0.1, 0.15) is 11.5 Å². The van der Waals surface area contributed by atoms with Gasteiger partial charge in [-0.15, -0.1) is 5.10 Å². The molecule has 0 fully saturated rings. The van der Waals surface area contributed by atoms with Gasteiger partial charge in [-0.3, -0.25) is 5.43 Å². The molecule has 3 rings (SSSR count). The van der Waals surface area contributed by atoms with E-state index < -0.39 is 0 Å². The van der Waals surface area contributed by atoms with E-state index in [2.05, 4.69) is 15.8 Å². The minimum absolute atomic E-state index is 0.211. The van der Waals surface area contributed by atoms with Gasteiger partial charge in [0.05, 0.1) is 25.0 Å². The number of hydrazone groups is 1. The van der Waals surface area contributed by atoms with Crippen molar-refractivity contribution >= 4 is 17.3 Å². The van der Waals surface area contributed by atoms with Crippen LogP contribution in [0.4, 0.5) is 15.8 Å². The lowest BCUT2D eigenvalue weighted by molar-refractivity contribution is 0.187. The Morgan fingerprint density at radius 1 is 1.28 bits per heavy atom. The van der Waals surface area contributed by atoms with Crippen LogP contribution in [-0.4, -0.2) is 25.9 Å². The Morgan fingerprint density at radius 2 is 2.04 bits per heavy atom. The first-order valence-corrected chi connectivity index (χ1v) is 7.77. The fourth-order valence-electron chi connectivity index (χ4n) is 2.63. The van der Waals surface area contributed by atoms with Crippen molar-refractivity contribution in [1.82, 2.24) is 5.43 Å². The minimum atomic E-state index is -0.353. The predicted molar refractivity (Wildman–Crippen MR) is 94.7 cm³/mol. The zero-order valence-electron chi connectivity index (χ0n) is 13.8. The summed E-state index contributed by atoms with van der Waals surface area (Å²) in [5.74, 6) is 0.630. The number of nitrogens with one attached hydrogen (secondary N) is 2. The third-order valence-corrected chi connectivity index (χ3v) is 3.80. The summed E-state index contributed by atoms with van der Waals surface area (Å²) < 4.78 is 24.3. The van der Waals surface area contributed by atoms with E-state index in [9.17, 15) is 4.39 Å². The van der Waals surface area contributed by atoms with Crippen molar-refractivity contribution in [2.24, 2.45) is 10.8 Å². The summed E-state index contributed by atoms with van der Waals surface area (Å²) in [5.41, 5.74) is 17.1. The van der Waals surface area contributed by atoms with E-state index in [1.165, 1.54) is 12.1 Å². The molecule has 6 N–H and O–H groups in total. The molecule has 25 heavy (non-hydrogen) atoms. The number of halogens is 1. The van der Waals surface area contributed by atoms with Gasteiger partial charge in [-0.05, 0) is 29.8 Å². The van der Waals surface area contributed by atoms with Crippen molar-refractivity contribution in [3.05, 3.63) is 53.3 Å². The minimum Gasteiger partial charge on any atom is -0.494 e. The lowest BCUT2D eigenvalue weighted by atomic mass is 10.1. The Labute approximate surface area is 144 Å². The highest BCUT2D eigenvalue weighted by Gasteiger charge is 2.25. The molecule has 1 atom stereocenters. The number of rotatable bonds is 6. The summed E-state index contributed by atoms with van der Waals surface area (Å²) >= 11 is 0. The molecule has 0 saturated heterocycles. The molecule has 0 amide bonds. The topological polar surface area (TPSA) is 107 Å².